The Labute approximate surface area is 77.4 Å². The van der Waals surface area contributed by atoms with Crippen LogP contribution in [0.25, 0.3) is 0 Å². The van der Waals surface area contributed by atoms with Gasteiger partial charge in [-0.2, -0.15) is 0 Å². The van der Waals surface area contributed by atoms with Gasteiger partial charge < -0.3 is 10.5 Å². The van der Waals surface area contributed by atoms with Gasteiger partial charge in [-0.05, 0) is 25.7 Å². The Morgan fingerprint density at radius 3 is 2.54 bits per heavy atom. The standard InChI is InChI=1S/C9H15NO3/c1-6(13-9(10)12)7-2-4-8(11)5-3-7/h6-7H,2-5H2,1H3,(H2,10,12). The van der Waals surface area contributed by atoms with Crippen LogP contribution >= 0.6 is 0 Å². The Kier molecular flexibility index (Phi) is 3.28. The average molecular weight is 185 g/mol. The number of Topliss-reactive ketones (excluding diaryl/α,β-unsaturated/α-hetero) is 1. The van der Waals surface area contributed by atoms with Gasteiger partial charge in [0.15, 0.2) is 0 Å². The van der Waals surface area contributed by atoms with Crippen LogP contribution in [0.4, 0.5) is 4.79 Å². The summed E-state index contributed by atoms with van der Waals surface area (Å²) in [5, 5.41) is 0. The molecule has 1 fully saturated rings. The molecular formula is C9H15NO3. The highest BCUT2D eigenvalue weighted by atomic mass is 16.6. The number of ketones is 1. The molecule has 0 aliphatic heterocycles. The first-order valence-corrected chi connectivity index (χ1v) is 4.57. The maximum atomic E-state index is 10.9. The minimum Gasteiger partial charge on any atom is -0.446 e. The summed E-state index contributed by atoms with van der Waals surface area (Å²) in [5.74, 6) is 0.604. The second-order valence-electron chi connectivity index (χ2n) is 3.52. The molecule has 0 heterocycles. The Hall–Kier alpha value is -1.06. The summed E-state index contributed by atoms with van der Waals surface area (Å²) in [6.45, 7) is 1.82. The van der Waals surface area contributed by atoms with Crippen LogP contribution in [0.3, 0.4) is 0 Å². The van der Waals surface area contributed by atoms with Crippen molar-refractivity contribution >= 4 is 11.9 Å². The fraction of sp³-hybridized carbons (Fsp3) is 0.778. The van der Waals surface area contributed by atoms with Crippen molar-refractivity contribution in [1.82, 2.24) is 0 Å². The average Bonchev–Trinajstić information content (AvgIpc) is 2.04. The third-order valence-corrected chi connectivity index (χ3v) is 2.55. The molecule has 0 aromatic rings. The summed E-state index contributed by atoms with van der Waals surface area (Å²) < 4.78 is 4.85. The van der Waals surface area contributed by atoms with E-state index in [1.165, 1.54) is 0 Å². The van der Waals surface area contributed by atoms with Crippen molar-refractivity contribution in [3.05, 3.63) is 0 Å². The van der Waals surface area contributed by atoms with E-state index in [4.69, 9.17) is 10.5 Å². The normalized spacial score (nSPS) is 21.2. The van der Waals surface area contributed by atoms with Crippen LogP contribution in [0.1, 0.15) is 32.6 Å². The van der Waals surface area contributed by atoms with E-state index in [9.17, 15) is 9.59 Å². The lowest BCUT2D eigenvalue weighted by atomic mass is 9.85. The van der Waals surface area contributed by atoms with Crippen LogP contribution < -0.4 is 5.73 Å². The number of hydrogen-bond donors (Lipinski definition) is 1. The molecule has 1 unspecified atom stereocenters. The first-order valence-electron chi connectivity index (χ1n) is 4.57. The highest BCUT2D eigenvalue weighted by Gasteiger charge is 2.25. The van der Waals surface area contributed by atoms with Gasteiger partial charge in [-0.15, -0.1) is 0 Å². The third kappa shape index (κ3) is 3.05. The highest BCUT2D eigenvalue weighted by molar-refractivity contribution is 5.79. The smallest absolute Gasteiger partial charge is 0.404 e. The first-order chi connectivity index (χ1) is 6.09. The van der Waals surface area contributed by atoms with Crippen LogP contribution in [0.5, 0.6) is 0 Å². The van der Waals surface area contributed by atoms with Crippen LogP contribution in [-0.4, -0.2) is 18.0 Å². The van der Waals surface area contributed by atoms with Gasteiger partial charge in [-0.1, -0.05) is 0 Å². The molecule has 1 atom stereocenters. The molecule has 0 aromatic carbocycles. The molecular weight excluding hydrogens is 170 g/mol. The molecule has 74 valence electrons. The number of nitrogens with two attached hydrogens (primary N) is 1. The Morgan fingerprint density at radius 2 is 2.08 bits per heavy atom. The van der Waals surface area contributed by atoms with Crippen molar-refractivity contribution in [2.45, 2.75) is 38.7 Å². The SMILES string of the molecule is CC(OC(N)=O)C1CCC(=O)CC1. The molecule has 1 aliphatic carbocycles. The molecule has 1 amide bonds. The van der Waals surface area contributed by atoms with Crippen molar-refractivity contribution in [3.8, 4) is 0 Å². The monoisotopic (exact) mass is 185 g/mol. The number of ether oxygens (including phenoxy) is 1. The van der Waals surface area contributed by atoms with Crippen molar-refractivity contribution in [3.63, 3.8) is 0 Å². The van der Waals surface area contributed by atoms with Gasteiger partial charge in [0.2, 0.25) is 0 Å². The zero-order valence-corrected chi connectivity index (χ0v) is 7.79. The number of amides is 1. The van der Waals surface area contributed by atoms with E-state index in [1.807, 2.05) is 6.92 Å². The van der Waals surface area contributed by atoms with Gasteiger partial charge >= 0.3 is 6.09 Å². The van der Waals surface area contributed by atoms with E-state index < -0.39 is 6.09 Å². The molecule has 1 saturated carbocycles. The van der Waals surface area contributed by atoms with Crippen molar-refractivity contribution in [2.75, 3.05) is 0 Å². The van der Waals surface area contributed by atoms with E-state index >= 15 is 0 Å². The quantitative estimate of drug-likeness (QED) is 0.703. The molecule has 0 saturated heterocycles. The lowest BCUT2D eigenvalue weighted by Gasteiger charge is -2.25. The second kappa shape index (κ2) is 4.25. The minimum absolute atomic E-state index is 0.161. The molecule has 4 nitrogen and oxygen atoms in total. The van der Waals surface area contributed by atoms with Gasteiger partial charge in [0, 0.05) is 12.8 Å². The van der Waals surface area contributed by atoms with Crippen LogP contribution in [0, 0.1) is 5.92 Å². The van der Waals surface area contributed by atoms with E-state index in [1.54, 1.807) is 0 Å². The van der Waals surface area contributed by atoms with Gasteiger partial charge in [0.1, 0.15) is 11.9 Å². The maximum Gasteiger partial charge on any atom is 0.404 e. The highest BCUT2D eigenvalue weighted by Crippen LogP contribution is 2.25. The second-order valence-corrected chi connectivity index (χ2v) is 3.52. The Balaban J connectivity index is 2.35. The molecule has 4 heteroatoms. The largest absolute Gasteiger partial charge is 0.446 e. The summed E-state index contributed by atoms with van der Waals surface area (Å²) in [7, 11) is 0. The zero-order valence-electron chi connectivity index (χ0n) is 7.79. The molecule has 0 bridgehead atoms. The number of rotatable bonds is 2. The first kappa shape index (κ1) is 10.0. The van der Waals surface area contributed by atoms with Gasteiger partial charge in [-0.25, -0.2) is 4.79 Å². The minimum atomic E-state index is -0.732. The fourth-order valence-corrected chi connectivity index (χ4v) is 1.71. The van der Waals surface area contributed by atoms with Crippen LogP contribution in [-0.2, 0) is 9.53 Å². The van der Waals surface area contributed by atoms with Crippen molar-refractivity contribution in [2.24, 2.45) is 11.7 Å². The molecule has 0 spiro atoms. The van der Waals surface area contributed by atoms with E-state index in [-0.39, 0.29) is 6.10 Å². The molecule has 0 radical (unpaired) electrons. The van der Waals surface area contributed by atoms with Gasteiger partial charge in [0.25, 0.3) is 0 Å². The topological polar surface area (TPSA) is 69.4 Å². The number of carbonyl (C=O) groups excluding carboxylic acids is 2. The van der Waals surface area contributed by atoms with Crippen LogP contribution in [0.15, 0.2) is 0 Å². The number of hydrogen-bond acceptors (Lipinski definition) is 3. The summed E-state index contributed by atoms with van der Waals surface area (Å²) in [6.07, 6.45) is 1.95. The summed E-state index contributed by atoms with van der Waals surface area (Å²) in [6, 6.07) is 0. The van der Waals surface area contributed by atoms with E-state index in [0.29, 0.717) is 24.5 Å². The van der Waals surface area contributed by atoms with E-state index in [2.05, 4.69) is 0 Å². The molecule has 0 aromatic heterocycles. The molecule has 1 aliphatic rings. The molecule has 13 heavy (non-hydrogen) atoms. The zero-order chi connectivity index (χ0) is 9.84. The van der Waals surface area contributed by atoms with Gasteiger partial charge in [0.05, 0.1) is 0 Å². The predicted octanol–water partition coefficient (Wildman–Crippen LogP) is 1.23. The maximum absolute atomic E-state index is 10.9. The van der Waals surface area contributed by atoms with Crippen molar-refractivity contribution < 1.29 is 14.3 Å². The molecule has 2 N–H and O–H groups in total. The summed E-state index contributed by atoms with van der Waals surface area (Å²) >= 11 is 0. The Morgan fingerprint density at radius 1 is 1.54 bits per heavy atom. The number of carbonyl (C=O) groups is 2. The summed E-state index contributed by atoms with van der Waals surface area (Å²) in [5.41, 5.74) is 4.90. The Bertz CT molecular complexity index is 205. The van der Waals surface area contributed by atoms with Crippen LogP contribution in [0.2, 0.25) is 0 Å². The van der Waals surface area contributed by atoms with E-state index in [0.717, 1.165) is 12.8 Å². The molecule has 1 rings (SSSR count). The third-order valence-electron chi connectivity index (χ3n) is 2.55. The fourth-order valence-electron chi connectivity index (χ4n) is 1.71. The summed E-state index contributed by atoms with van der Waals surface area (Å²) in [4.78, 5) is 21.4. The van der Waals surface area contributed by atoms with Gasteiger partial charge in [-0.3, -0.25) is 4.79 Å². The lowest BCUT2D eigenvalue weighted by molar-refractivity contribution is -0.121. The predicted molar refractivity (Wildman–Crippen MR) is 47.1 cm³/mol. The van der Waals surface area contributed by atoms with Crippen molar-refractivity contribution in [1.29, 1.82) is 0 Å². The number of primary amides is 1. The lowest BCUT2D eigenvalue weighted by Crippen LogP contribution is -2.30.